The molecule has 0 saturated carbocycles. The number of rotatable bonds is 4. The summed E-state index contributed by atoms with van der Waals surface area (Å²) >= 11 is 0. The molecule has 0 N–H and O–H groups in total. The SMILES string of the molecule is CC1(C)C=CC=C2C=c3cc4c5ccccc5c5cc(-c6ccc(-c7nc(-n8c9ccccc9c9ccccc98)nc(-n8c9ccccc9c9ccccc98)n7)cc6)ccc5c4cc3=C21. The van der Waals surface area contributed by atoms with E-state index < -0.39 is 0 Å². The molecule has 0 atom stereocenters. The third-order valence-corrected chi connectivity index (χ3v) is 14.0. The van der Waals surface area contributed by atoms with Gasteiger partial charge in [0, 0.05) is 32.5 Å². The summed E-state index contributed by atoms with van der Waals surface area (Å²) in [5.74, 6) is 1.74. The van der Waals surface area contributed by atoms with Gasteiger partial charge in [-0.1, -0.05) is 166 Å². The Morgan fingerprint density at radius 3 is 1.40 bits per heavy atom. The Bertz CT molecular complexity index is 4020. The van der Waals surface area contributed by atoms with Gasteiger partial charge in [-0.3, -0.25) is 9.13 Å². The van der Waals surface area contributed by atoms with Crippen LogP contribution >= 0.6 is 0 Å². The monoisotopic (exact) mass is 829 g/mol. The van der Waals surface area contributed by atoms with Crippen LogP contribution in [0.3, 0.4) is 0 Å². The summed E-state index contributed by atoms with van der Waals surface area (Å²) in [5, 5.41) is 14.9. The van der Waals surface area contributed by atoms with E-state index >= 15 is 0 Å². The Kier molecular flexibility index (Phi) is 7.39. The minimum absolute atomic E-state index is 0.0357. The van der Waals surface area contributed by atoms with Gasteiger partial charge in [0.1, 0.15) is 0 Å². The summed E-state index contributed by atoms with van der Waals surface area (Å²) in [6, 6.07) is 63.4. The van der Waals surface area contributed by atoms with Gasteiger partial charge in [-0.2, -0.15) is 15.0 Å². The average molecular weight is 830 g/mol. The van der Waals surface area contributed by atoms with Crippen molar-refractivity contribution < 1.29 is 0 Å². The minimum atomic E-state index is -0.0357. The average Bonchev–Trinajstić information content (AvgIpc) is 4.01. The van der Waals surface area contributed by atoms with Crippen LogP contribution in [0.2, 0.25) is 0 Å². The molecule has 9 aromatic carbocycles. The van der Waals surface area contributed by atoms with E-state index in [9.17, 15) is 0 Å². The van der Waals surface area contributed by atoms with E-state index in [1.807, 2.05) is 0 Å². The second-order valence-corrected chi connectivity index (χ2v) is 18.1. The number of aromatic nitrogens is 5. The molecule has 304 valence electrons. The van der Waals surface area contributed by atoms with Crippen LogP contribution in [-0.2, 0) is 0 Å². The molecule has 12 aromatic rings. The van der Waals surface area contributed by atoms with Crippen molar-refractivity contribution in [1.82, 2.24) is 24.1 Å². The van der Waals surface area contributed by atoms with Crippen molar-refractivity contribution in [3.05, 3.63) is 210 Å². The molecule has 5 nitrogen and oxygen atoms in total. The third kappa shape index (κ3) is 5.24. The molecule has 0 amide bonds. The summed E-state index contributed by atoms with van der Waals surface area (Å²) in [6.07, 6.45) is 9.16. The van der Waals surface area contributed by atoms with E-state index in [0.717, 1.165) is 60.3 Å². The molecule has 0 saturated heterocycles. The lowest BCUT2D eigenvalue weighted by Gasteiger charge is -2.26. The van der Waals surface area contributed by atoms with Crippen molar-refractivity contribution in [3.63, 3.8) is 0 Å². The fraction of sp³-hybridized carbons (Fsp3) is 0.0500. The quantitative estimate of drug-likeness (QED) is 0.166. The number of hydrogen-bond donors (Lipinski definition) is 0. The second-order valence-electron chi connectivity index (χ2n) is 18.1. The topological polar surface area (TPSA) is 48.5 Å². The van der Waals surface area contributed by atoms with Crippen molar-refractivity contribution in [3.8, 4) is 34.4 Å². The summed E-state index contributed by atoms with van der Waals surface area (Å²) in [7, 11) is 0. The number of para-hydroxylation sites is 4. The van der Waals surface area contributed by atoms with Gasteiger partial charge >= 0.3 is 0 Å². The molecule has 0 fully saturated rings. The van der Waals surface area contributed by atoms with Crippen LogP contribution < -0.4 is 10.4 Å². The van der Waals surface area contributed by atoms with Crippen LogP contribution in [0.5, 0.6) is 0 Å². The number of benzene rings is 9. The van der Waals surface area contributed by atoms with Crippen LogP contribution in [0.1, 0.15) is 13.8 Å². The van der Waals surface area contributed by atoms with E-state index in [1.165, 1.54) is 53.9 Å². The molecule has 14 rings (SSSR count). The summed E-state index contributed by atoms with van der Waals surface area (Å²) in [4.78, 5) is 15.9. The van der Waals surface area contributed by atoms with Crippen LogP contribution in [0, 0.1) is 5.41 Å². The zero-order valence-electron chi connectivity index (χ0n) is 35.8. The highest BCUT2D eigenvalue weighted by Gasteiger charge is 2.28. The van der Waals surface area contributed by atoms with Crippen LogP contribution in [0.25, 0.3) is 122 Å². The summed E-state index contributed by atoms with van der Waals surface area (Å²) in [6.45, 7) is 4.65. The molecule has 65 heavy (non-hydrogen) atoms. The van der Waals surface area contributed by atoms with Gasteiger partial charge in [-0.25, -0.2) is 0 Å². The van der Waals surface area contributed by atoms with E-state index in [0.29, 0.717) is 17.7 Å². The van der Waals surface area contributed by atoms with Gasteiger partial charge in [0.05, 0.1) is 22.1 Å². The first kappa shape index (κ1) is 36.1. The van der Waals surface area contributed by atoms with Crippen LogP contribution in [0.4, 0.5) is 0 Å². The van der Waals surface area contributed by atoms with Gasteiger partial charge < -0.3 is 0 Å². The van der Waals surface area contributed by atoms with Crippen LogP contribution in [0.15, 0.2) is 200 Å². The molecule has 3 heterocycles. The summed E-state index contributed by atoms with van der Waals surface area (Å²) < 4.78 is 4.36. The Labute approximate surface area is 373 Å². The number of allylic oxidation sites excluding steroid dienone is 4. The van der Waals surface area contributed by atoms with Crippen molar-refractivity contribution in [2.24, 2.45) is 5.41 Å². The van der Waals surface area contributed by atoms with Gasteiger partial charge in [0.15, 0.2) is 5.82 Å². The zero-order chi connectivity index (χ0) is 43.0. The molecule has 0 unspecified atom stereocenters. The Morgan fingerprint density at radius 2 is 0.846 bits per heavy atom. The lowest BCUT2D eigenvalue weighted by Crippen LogP contribution is -2.27. The number of fused-ring (bicyclic) bond motifs is 14. The van der Waals surface area contributed by atoms with Gasteiger partial charge in [-0.05, 0) is 114 Å². The highest BCUT2D eigenvalue weighted by molar-refractivity contribution is 6.26. The Hall–Kier alpha value is -8.41. The van der Waals surface area contributed by atoms with Crippen molar-refractivity contribution >= 4 is 87.6 Å². The highest BCUT2D eigenvalue weighted by atomic mass is 15.3. The predicted molar refractivity (Wildman–Crippen MR) is 270 cm³/mol. The first-order valence-corrected chi connectivity index (χ1v) is 22.4. The maximum Gasteiger partial charge on any atom is 0.240 e. The fourth-order valence-electron chi connectivity index (χ4n) is 11.0. The fourth-order valence-corrected chi connectivity index (χ4v) is 11.0. The van der Waals surface area contributed by atoms with Gasteiger partial charge in [0.2, 0.25) is 11.9 Å². The maximum absolute atomic E-state index is 5.33. The first-order chi connectivity index (χ1) is 32.0. The lowest BCUT2D eigenvalue weighted by atomic mass is 9.77. The maximum atomic E-state index is 5.33. The van der Waals surface area contributed by atoms with Crippen molar-refractivity contribution in [2.45, 2.75) is 13.8 Å². The zero-order valence-corrected chi connectivity index (χ0v) is 35.8. The largest absolute Gasteiger partial charge is 0.278 e. The molecule has 0 radical (unpaired) electrons. The second kappa shape index (κ2) is 13.3. The molecule has 0 aliphatic heterocycles. The molecular weight excluding hydrogens is 791 g/mol. The lowest BCUT2D eigenvalue weighted by molar-refractivity contribution is 0.644. The van der Waals surface area contributed by atoms with E-state index in [2.05, 4.69) is 223 Å². The molecule has 0 spiro atoms. The van der Waals surface area contributed by atoms with Crippen molar-refractivity contribution in [1.29, 1.82) is 0 Å². The normalized spacial score (nSPS) is 14.2. The predicted octanol–water partition coefficient (Wildman–Crippen LogP) is 13.3. The van der Waals surface area contributed by atoms with Crippen molar-refractivity contribution in [2.75, 3.05) is 0 Å². The molecular formula is C60H39N5. The van der Waals surface area contributed by atoms with Crippen LogP contribution in [-0.4, -0.2) is 24.1 Å². The third-order valence-electron chi connectivity index (χ3n) is 14.0. The molecule has 0 bridgehead atoms. The van der Waals surface area contributed by atoms with Gasteiger partial charge in [0.25, 0.3) is 0 Å². The molecule has 2 aliphatic carbocycles. The molecule has 2 aliphatic rings. The Balaban J connectivity index is 0.947. The van der Waals surface area contributed by atoms with E-state index in [4.69, 9.17) is 15.0 Å². The molecule has 5 heteroatoms. The first-order valence-electron chi connectivity index (χ1n) is 22.4. The van der Waals surface area contributed by atoms with E-state index in [1.54, 1.807) is 0 Å². The minimum Gasteiger partial charge on any atom is -0.278 e. The Morgan fingerprint density at radius 1 is 0.400 bits per heavy atom. The number of hydrogen-bond acceptors (Lipinski definition) is 3. The van der Waals surface area contributed by atoms with E-state index in [-0.39, 0.29) is 5.41 Å². The van der Waals surface area contributed by atoms with Gasteiger partial charge in [-0.15, -0.1) is 0 Å². The summed E-state index contributed by atoms with van der Waals surface area (Å²) in [5.41, 5.74) is 10.1. The molecule has 3 aromatic heterocycles. The standard InChI is InChI=1S/C60H39N5/c1-60(2)31-13-14-39-32-40-34-50-42-16-4-3-15-41(42)49-33-38(29-30-43(49)51(50)35-48(40)56(39)60)36-25-27-37(28-26-36)57-61-58(64-52-21-9-5-17-44(52)45-18-6-10-22-53(45)64)63-59(62-57)65-54-23-11-7-19-46(54)47-20-8-12-24-55(47)65/h3-35H,1-2H3. The number of nitrogens with zero attached hydrogens (tertiary/aromatic N) is 5. The highest BCUT2D eigenvalue weighted by Crippen LogP contribution is 2.41. The smallest absolute Gasteiger partial charge is 0.240 e.